The number of hydrogen-bond donors (Lipinski definition) is 2. The monoisotopic (exact) mass is 485 g/mol. The number of aliphatic hydroxyl groups is 1. The maximum absolute atomic E-state index is 10.4. The van der Waals surface area contributed by atoms with Crippen molar-refractivity contribution in [2.75, 3.05) is 24.7 Å². The highest BCUT2D eigenvalue weighted by molar-refractivity contribution is 8.00. The zero-order valence-corrected chi connectivity index (χ0v) is 20.1. The molecule has 0 fully saturated rings. The van der Waals surface area contributed by atoms with Crippen molar-refractivity contribution in [1.82, 2.24) is 29.7 Å². The van der Waals surface area contributed by atoms with E-state index in [-0.39, 0.29) is 0 Å². The van der Waals surface area contributed by atoms with Crippen LogP contribution in [0.15, 0.2) is 36.0 Å². The van der Waals surface area contributed by atoms with Gasteiger partial charge in [0.2, 0.25) is 5.95 Å². The molecular weight excluding hydrogens is 462 g/mol. The Labute approximate surface area is 199 Å². The zero-order chi connectivity index (χ0) is 23.4. The molecule has 0 radical (unpaired) electrons. The third kappa shape index (κ3) is 4.92. The molecule has 0 saturated carbocycles. The summed E-state index contributed by atoms with van der Waals surface area (Å²) in [5.41, 5.74) is 2.46. The maximum Gasteiger partial charge on any atom is 0.239 e. The van der Waals surface area contributed by atoms with Gasteiger partial charge >= 0.3 is 0 Å². The van der Waals surface area contributed by atoms with E-state index in [9.17, 15) is 5.11 Å². The van der Waals surface area contributed by atoms with Crippen LogP contribution in [0.5, 0.6) is 11.5 Å². The molecule has 3 heterocycles. The Balaban J connectivity index is 1.67. The second-order valence-corrected chi connectivity index (χ2v) is 8.72. The largest absolute Gasteiger partial charge is 0.494 e. The molecule has 10 nitrogen and oxygen atoms in total. The van der Waals surface area contributed by atoms with Gasteiger partial charge in [0.25, 0.3) is 0 Å². The fourth-order valence-electron chi connectivity index (χ4n) is 3.04. The Morgan fingerprint density at radius 3 is 2.42 bits per heavy atom. The molecule has 33 heavy (non-hydrogen) atoms. The van der Waals surface area contributed by atoms with Gasteiger partial charge in [-0.3, -0.25) is 9.29 Å². The van der Waals surface area contributed by atoms with E-state index in [1.54, 1.807) is 31.2 Å². The van der Waals surface area contributed by atoms with E-state index in [1.165, 1.54) is 23.3 Å². The van der Waals surface area contributed by atoms with Gasteiger partial charge in [0.05, 0.1) is 14.2 Å². The summed E-state index contributed by atoms with van der Waals surface area (Å²) < 4.78 is 16.2. The van der Waals surface area contributed by atoms with Gasteiger partial charge in [-0.1, -0.05) is 6.07 Å². The molecule has 172 valence electrons. The van der Waals surface area contributed by atoms with Crippen LogP contribution in [-0.2, 0) is 0 Å². The quantitative estimate of drug-likeness (QED) is 0.340. The highest BCUT2D eigenvalue weighted by Gasteiger charge is 2.24. The van der Waals surface area contributed by atoms with E-state index in [0.717, 1.165) is 11.3 Å². The zero-order valence-electron chi connectivity index (χ0n) is 18.5. The minimum absolute atomic E-state index is 0.296. The molecule has 4 aromatic rings. The number of para-hydroxylation sites is 1. The first-order valence-electron chi connectivity index (χ1n) is 9.95. The van der Waals surface area contributed by atoms with Crippen LogP contribution in [0.2, 0.25) is 0 Å². The molecule has 0 aliphatic carbocycles. The molecular formula is C21H23N7O3S2. The van der Waals surface area contributed by atoms with E-state index in [0.29, 0.717) is 45.5 Å². The summed E-state index contributed by atoms with van der Waals surface area (Å²) in [6.45, 7) is 3.82. The first kappa shape index (κ1) is 23.0. The average molecular weight is 486 g/mol. The summed E-state index contributed by atoms with van der Waals surface area (Å²) >= 11 is 2.73. The van der Waals surface area contributed by atoms with Crippen LogP contribution in [0.25, 0.3) is 16.5 Å². The highest BCUT2D eigenvalue weighted by Crippen LogP contribution is 2.38. The van der Waals surface area contributed by atoms with Crippen molar-refractivity contribution >= 4 is 29.2 Å². The predicted octanol–water partition coefficient (Wildman–Crippen LogP) is 3.61. The number of anilines is 1. The topological polar surface area (TPSA) is 120 Å². The molecule has 0 aliphatic rings. The van der Waals surface area contributed by atoms with Crippen molar-refractivity contribution in [2.24, 2.45) is 0 Å². The summed E-state index contributed by atoms with van der Waals surface area (Å²) in [6, 6.07) is 5.52. The van der Waals surface area contributed by atoms with Gasteiger partial charge in [-0.2, -0.15) is 0 Å². The normalized spacial score (nSPS) is 11.9. The Kier molecular flexibility index (Phi) is 7.06. The summed E-state index contributed by atoms with van der Waals surface area (Å²) in [5, 5.41) is 21.8. The number of nitrogens with one attached hydrogen (secondary N) is 1. The number of aromatic nitrogens is 6. The number of thiazole rings is 1. The molecule has 1 aromatic carbocycles. The SMILES string of the molecule is COc1cccc(OC)c1-n1c(NSCC(O)c2ncc(C)cn2)nnc1-c1nc(C)cs1. The molecule has 12 heteroatoms. The van der Waals surface area contributed by atoms with Crippen molar-refractivity contribution in [3.05, 3.63) is 53.1 Å². The van der Waals surface area contributed by atoms with Crippen LogP contribution in [0.1, 0.15) is 23.2 Å². The molecule has 1 atom stereocenters. The van der Waals surface area contributed by atoms with Crippen molar-refractivity contribution in [1.29, 1.82) is 0 Å². The van der Waals surface area contributed by atoms with Crippen LogP contribution < -0.4 is 14.2 Å². The molecule has 0 saturated heterocycles. The van der Waals surface area contributed by atoms with Crippen molar-refractivity contribution in [3.8, 4) is 28.0 Å². The number of hydrogen-bond acceptors (Lipinski definition) is 11. The van der Waals surface area contributed by atoms with Gasteiger partial charge in [0.15, 0.2) is 16.7 Å². The second kappa shape index (κ2) is 10.1. The minimum Gasteiger partial charge on any atom is -0.494 e. The summed E-state index contributed by atoms with van der Waals surface area (Å²) in [6.07, 6.45) is 2.51. The lowest BCUT2D eigenvalue weighted by molar-refractivity contribution is 0.193. The first-order valence-corrected chi connectivity index (χ1v) is 11.8. The molecule has 4 rings (SSSR count). The van der Waals surface area contributed by atoms with Crippen LogP contribution in [0.4, 0.5) is 5.95 Å². The van der Waals surface area contributed by atoms with Crippen molar-refractivity contribution in [2.45, 2.75) is 20.0 Å². The lowest BCUT2D eigenvalue weighted by atomic mass is 10.2. The number of nitrogens with zero attached hydrogens (tertiary/aromatic N) is 6. The lowest BCUT2D eigenvalue weighted by Gasteiger charge is -2.17. The average Bonchev–Trinajstić information content (AvgIpc) is 3.44. The summed E-state index contributed by atoms with van der Waals surface area (Å²) in [7, 11) is 3.19. The first-order chi connectivity index (χ1) is 16.0. The van der Waals surface area contributed by atoms with Gasteiger partial charge in [-0.05, 0) is 43.5 Å². The lowest BCUT2D eigenvalue weighted by Crippen LogP contribution is -2.10. The predicted molar refractivity (Wildman–Crippen MR) is 128 cm³/mol. The number of aryl methyl sites for hydroxylation is 2. The van der Waals surface area contributed by atoms with E-state index in [2.05, 4.69) is 29.9 Å². The van der Waals surface area contributed by atoms with Crippen LogP contribution in [0, 0.1) is 13.8 Å². The minimum atomic E-state index is -0.846. The van der Waals surface area contributed by atoms with Gasteiger partial charge in [0.1, 0.15) is 23.3 Å². The van der Waals surface area contributed by atoms with E-state index in [4.69, 9.17) is 9.47 Å². The third-order valence-electron chi connectivity index (χ3n) is 4.60. The smallest absolute Gasteiger partial charge is 0.239 e. The van der Waals surface area contributed by atoms with Gasteiger partial charge in [0, 0.05) is 29.2 Å². The second-order valence-electron chi connectivity index (χ2n) is 7.04. The summed E-state index contributed by atoms with van der Waals surface area (Å²) in [4.78, 5) is 12.9. The molecule has 0 amide bonds. The molecule has 0 aliphatic heterocycles. The fourth-order valence-corrected chi connectivity index (χ4v) is 4.46. The molecule has 2 N–H and O–H groups in total. The molecule has 1 unspecified atom stereocenters. The van der Waals surface area contributed by atoms with Gasteiger partial charge in [-0.25, -0.2) is 15.0 Å². The van der Waals surface area contributed by atoms with Crippen molar-refractivity contribution in [3.63, 3.8) is 0 Å². The Morgan fingerprint density at radius 2 is 1.82 bits per heavy atom. The number of methoxy groups -OCH3 is 2. The van der Waals surface area contributed by atoms with Gasteiger partial charge in [-0.15, -0.1) is 21.5 Å². The van der Waals surface area contributed by atoms with Crippen molar-refractivity contribution < 1.29 is 14.6 Å². The molecule has 3 aromatic heterocycles. The van der Waals surface area contributed by atoms with Gasteiger partial charge < -0.3 is 14.6 Å². The van der Waals surface area contributed by atoms with E-state index >= 15 is 0 Å². The fraction of sp³-hybridized carbons (Fsp3) is 0.286. The molecule has 0 spiro atoms. The van der Waals surface area contributed by atoms with Crippen LogP contribution in [-0.4, -0.2) is 54.8 Å². The number of ether oxygens (including phenoxy) is 2. The number of aliphatic hydroxyl groups excluding tert-OH is 1. The Morgan fingerprint density at radius 1 is 1.12 bits per heavy atom. The number of benzene rings is 1. The van der Waals surface area contributed by atoms with Crippen LogP contribution >= 0.6 is 23.3 Å². The van der Waals surface area contributed by atoms with E-state index < -0.39 is 6.10 Å². The summed E-state index contributed by atoms with van der Waals surface area (Å²) in [5.74, 6) is 2.81. The Bertz CT molecular complexity index is 1200. The highest BCUT2D eigenvalue weighted by atomic mass is 32.2. The standard InChI is InChI=1S/C21H23N7O3S2/c1-12-8-22-18(23-9-12)14(29)11-33-27-21-26-25-19(20-24-13(2)10-32-20)28(21)17-15(30-3)6-5-7-16(17)31-4/h5-10,14,29H,11H2,1-4H3,(H,26,27). The van der Waals surface area contributed by atoms with E-state index in [1.807, 2.05) is 37.4 Å². The Hall–Kier alpha value is -3.22. The number of rotatable bonds is 9. The molecule has 0 bridgehead atoms. The van der Waals surface area contributed by atoms with Crippen LogP contribution in [0.3, 0.4) is 0 Å². The maximum atomic E-state index is 10.4. The third-order valence-corrected chi connectivity index (χ3v) is 6.37.